The Balaban J connectivity index is 1.40. The lowest BCUT2D eigenvalue weighted by Crippen LogP contribution is -2.52. The Morgan fingerprint density at radius 2 is 1.69 bits per heavy atom. The van der Waals surface area contributed by atoms with Crippen molar-refractivity contribution < 1.29 is 9.59 Å². The van der Waals surface area contributed by atoms with Gasteiger partial charge in [0.25, 0.3) is 0 Å². The van der Waals surface area contributed by atoms with E-state index in [1.54, 1.807) is 23.4 Å². The second kappa shape index (κ2) is 8.42. The number of hydrogen-bond acceptors (Lipinski definition) is 5. The van der Waals surface area contributed by atoms with E-state index in [4.69, 9.17) is 0 Å². The molecule has 0 aliphatic carbocycles. The van der Waals surface area contributed by atoms with Crippen molar-refractivity contribution in [3.63, 3.8) is 0 Å². The predicted octanol–water partition coefficient (Wildman–Crippen LogP) is 1.89. The maximum atomic E-state index is 12.3. The van der Waals surface area contributed by atoms with Crippen molar-refractivity contribution in [3.05, 3.63) is 53.9 Å². The van der Waals surface area contributed by atoms with Crippen LogP contribution in [0.3, 0.4) is 0 Å². The highest BCUT2D eigenvalue weighted by atomic mass is 16.2. The Bertz CT molecular complexity index is 740. The fourth-order valence-electron chi connectivity index (χ4n) is 2.84. The zero-order chi connectivity index (χ0) is 18.4. The van der Waals surface area contributed by atoms with E-state index in [1.807, 2.05) is 31.2 Å². The number of ketones is 1. The number of urea groups is 1. The van der Waals surface area contributed by atoms with Gasteiger partial charge in [-0.05, 0) is 13.0 Å². The number of rotatable bonds is 5. The molecule has 0 radical (unpaired) electrons. The van der Waals surface area contributed by atoms with Gasteiger partial charge in [-0.25, -0.2) is 14.8 Å². The maximum absolute atomic E-state index is 12.3. The molecule has 1 aliphatic heterocycles. The number of nitrogens with one attached hydrogen (secondary N) is 1. The van der Waals surface area contributed by atoms with Crippen molar-refractivity contribution in [1.82, 2.24) is 20.2 Å². The van der Waals surface area contributed by atoms with Crippen molar-refractivity contribution in [2.24, 2.45) is 0 Å². The number of aryl methyl sites for hydroxylation is 1. The maximum Gasteiger partial charge on any atom is 0.317 e. The van der Waals surface area contributed by atoms with Crippen LogP contribution in [0.25, 0.3) is 0 Å². The van der Waals surface area contributed by atoms with E-state index in [-0.39, 0.29) is 11.8 Å². The van der Waals surface area contributed by atoms with Crippen LogP contribution in [0.15, 0.2) is 42.7 Å². The van der Waals surface area contributed by atoms with E-state index in [0.29, 0.717) is 50.7 Å². The van der Waals surface area contributed by atoms with Crippen LogP contribution in [0.2, 0.25) is 0 Å². The number of piperazine rings is 1. The first-order chi connectivity index (χ1) is 12.6. The van der Waals surface area contributed by atoms with Gasteiger partial charge in [-0.1, -0.05) is 29.8 Å². The molecule has 1 aliphatic rings. The van der Waals surface area contributed by atoms with Gasteiger partial charge < -0.3 is 15.1 Å². The number of aromatic nitrogens is 2. The van der Waals surface area contributed by atoms with E-state index in [2.05, 4.69) is 20.2 Å². The number of Topliss-reactive ketones (excluding diaryl/α,β-unsaturated/α-hetero) is 1. The van der Waals surface area contributed by atoms with Crippen LogP contribution in [0.4, 0.5) is 10.7 Å². The van der Waals surface area contributed by atoms with E-state index in [1.165, 1.54) is 0 Å². The van der Waals surface area contributed by atoms with Gasteiger partial charge in [0.1, 0.15) is 0 Å². The standard InChI is InChI=1S/C19H23N5O2/c1-15-3-5-16(6-4-15)17(25)7-10-22-19(26)24-13-11-23(12-14-24)18-20-8-2-9-21-18/h2-6,8-9H,7,10-14H2,1H3,(H,22,26). The van der Waals surface area contributed by atoms with Crippen LogP contribution in [-0.2, 0) is 0 Å². The Morgan fingerprint density at radius 3 is 2.35 bits per heavy atom. The molecule has 1 N–H and O–H groups in total. The summed E-state index contributed by atoms with van der Waals surface area (Å²) in [4.78, 5) is 36.7. The molecule has 3 rings (SSSR count). The fourth-order valence-corrected chi connectivity index (χ4v) is 2.84. The third-order valence-corrected chi connectivity index (χ3v) is 4.40. The van der Waals surface area contributed by atoms with E-state index in [9.17, 15) is 9.59 Å². The highest BCUT2D eigenvalue weighted by Crippen LogP contribution is 2.10. The zero-order valence-electron chi connectivity index (χ0n) is 14.9. The molecule has 0 bridgehead atoms. The lowest BCUT2D eigenvalue weighted by molar-refractivity contribution is 0.0983. The molecule has 1 aromatic heterocycles. The van der Waals surface area contributed by atoms with Gasteiger partial charge in [0.15, 0.2) is 5.78 Å². The molecule has 26 heavy (non-hydrogen) atoms. The molecule has 2 heterocycles. The number of benzene rings is 1. The average Bonchev–Trinajstić information content (AvgIpc) is 2.69. The van der Waals surface area contributed by atoms with Crippen molar-refractivity contribution in [2.45, 2.75) is 13.3 Å². The molecule has 7 heteroatoms. The van der Waals surface area contributed by atoms with Crippen molar-refractivity contribution in [3.8, 4) is 0 Å². The lowest BCUT2D eigenvalue weighted by atomic mass is 10.1. The van der Waals surface area contributed by atoms with Gasteiger partial charge in [-0.15, -0.1) is 0 Å². The molecule has 7 nitrogen and oxygen atoms in total. The van der Waals surface area contributed by atoms with Crippen LogP contribution in [-0.4, -0.2) is 59.4 Å². The Labute approximate surface area is 153 Å². The topological polar surface area (TPSA) is 78.4 Å². The molecule has 136 valence electrons. The summed E-state index contributed by atoms with van der Waals surface area (Å²) in [7, 11) is 0. The molecule has 0 unspecified atom stereocenters. The highest BCUT2D eigenvalue weighted by Gasteiger charge is 2.22. The molecule has 0 atom stereocenters. The number of anilines is 1. The fraction of sp³-hybridized carbons (Fsp3) is 0.368. The second-order valence-corrected chi connectivity index (χ2v) is 6.29. The normalized spacial score (nSPS) is 14.2. The zero-order valence-corrected chi connectivity index (χ0v) is 14.9. The van der Waals surface area contributed by atoms with Crippen LogP contribution in [0.5, 0.6) is 0 Å². The minimum absolute atomic E-state index is 0.0383. The summed E-state index contributed by atoms with van der Waals surface area (Å²) in [5, 5.41) is 2.84. The summed E-state index contributed by atoms with van der Waals surface area (Å²) >= 11 is 0. The summed E-state index contributed by atoms with van der Waals surface area (Å²) in [6, 6.07) is 9.14. The summed E-state index contributed by atoms with van der Waals surface area (Å²) in [5.74, 6) is 0.729. The smallest absolute Gasteiger partial charge is 0.317 e. The van der Waals surface area contributed by atoms with Gasteiger partial charge in [-0.3, -0.25) is 4.79 Å². The molecular formula is C19H23N5O2. The Morgan fingerprint density at radius 1 is 1.04 bits per heavy atom. The van der Waals surface area contributed by atoms with Gasteiger partial charge >= 0.3 is 6.03 Å². The van der Waals surface area contributed by atoms with E-state index >= 15 is 0 Å². The van der Waals surface area contributed by atoms with Gasteiger partial charge in [-0.2, -0.15) is 0 Å². The first-order valence-electron chi connectivity index (χ1n) is 8.78. The first kappa shape index (κ1) is 17.8. The van der Waals surface area contributed by atoms with E-state index < -0.39 is 0 Å². The van der Waals surface area contributed by atoms with Crippen LogP contribution in [0.1, 0.15) is 22.3 Å². The van der Waals surface area contributed by atoms with Crippen molar-refractivity contribution in [1.29, 1.82) is 0 Å². The monoisotopic (exact) mass is 353 g/mol. The van der Waals surface area contributed by atoms with Crippen LogP contribution < -0.4 is 10.2 Å². The molecule has 1 saturated heterocycles. The van der Waals surface area contributed by atoms with Crippen molar-refractivity contribution in [2.75, 3.05) is 37.6 Å². The minimum atomic E-state index is -0.129. The lowest BCUT2D eigenvalue weighted by Gasteiger charge is -2.34. The van der Waals surface area contributed by atoms with E-state index in [0.717, 1.165) is 5.56 Å². The summed E-state index contributed by atoms with van der Waals surface area (Å²) in [6.45, 7) is 4.93. The number of hydrogen-bond donors (Lipinski definition) is 1. The summed E-state index contributed by atoms with van der Waals surface area (Å²) in [5.41, 5.74) is 1.80. The molecule has 0 spiro atoms. The van der Waals surface area contributed by atoms with Gasteiger partial charge in [0, 0.05) is 57.1 Å². The largest absolute Gasteiger partial charge is 0.338 e. The molecular weight excluding hydrogens is 330 g/mol. The molecule has 0 saturated carbocycles. The third kappa shape index (κ3) is 4.56. The Hall–Kier alpha value is -2.96. The van der Waals surface area contributed by atoms with Crippen LogP contribution in [0, 0.1) is 6.92 Å². The number of nitrogens with zero attached hydrogens (tertiary/aromatic N) is 4. The molecule has 1 aromatic carbocycles. The molecule has 2 amide bonds. The van der Waals surface area contributed by atoms with Crippen molar-refractivity contribution >= 4 is 17.8 Å². The SMILES string of the molecule is Cc1ccc(C(=O)CCNC(=O)N2CCN(c3ncccn3)CC2)cc1. The first-order valence-corrected chi connectivity index (χ1v) is 8.78. The van der Waals surface area contributed by atoms with Gasteiger partial charge in [0.05, 0.1) is 0 Å². The average molecular weight is 353 g/mol. The third-order valence-electron chi connectivity index (χ3n) is 4.40. The predicted molar refractivity (Wildman–Crippen MR) is 99.3 cm³/mol. The number of amides is 2. The minimum Gasteiger partial charge on any atom is -0.338 e. The highest BCUT2D eigenvalue weighted by molar-refractivity contribution is 5.96. The number of carbonyl (C=O) groups excluding carboxylic acids is 2. The molecule has 2 aromatic rings. The second-order valence-electron chi connectivity index (χ2n) is 6.29. The molecule has 1 fully saturated rings. The van der Waals surface area contributed by atoms with Gasteiger partial charge in [0.2, 0.25) is 5.95 Å². The summed E-state index contributed by atoms with van der Waals surface area (Å²) in [6.07, 6.45) is 3.73. The quantitative estimate of drug-likeness (QED) is 0.831. The number of carbonyl (C=O) groups is 2. The Kier molecular flexibility index (Phi) is 5.78. The van der Waals surface area contributed by atoms with Crippen LogP contribution >= 0.6 is 0 Å². The summed E-state index contributed by atoms with van der Waals surface area (Å²) < 4.78 is 0.